The summed E-state index contributed by atoms with van der Waals surface area (Å²) in [6, 6.07) is 9.11. The Morgan fingerprint density at radius 2 is 2.19 bits per heavy atom. The van der Waals surface area contributed by atoms with Crippen LogP contribution in [0.2, 0.25) is 0 Å². The quantitative estimate of drug-likeness (QED) is 0.743. The van der Waals surface area contributed by atoms with Crippen LogP contribution in [-0.4, -0.2) is 24.4 Å². The van der Waals surface area contributed by atoms with Gasteiger partial charge in [0, 0.05) is 0 Å². The van der Waals surface area contributed by atoms with Gasteiger partial charge in [-0.2, -0.15) is 0 Å². The Labute approximate surface area is 94.6 Å². The van der Waals surface area contributed by atoms with Crippen molar-refractivity contribution in [1.29, 1.82) is 0 Å². The second-order valence-electron chi connectivity index (χ2n) is 3.19. The zero-order valence-electron chi connectivity index (χ0n) is 8.93. The number of hydrogen-bond acceptors (Lipinski definition) is 3. The molecule has 0 unspecified atom stereocenters. The second kappa shape index (κ2) is 6.63. The third-order valence-corrected chi connectivity index (χ3v) is 1.96. The molecule has 0 radical (unpaired) electrons. The number of benzene rings is 1. The van der Waals surface area contributed by atoms with Crippen molar-refractivity contribution in [3.63, 3.8) is 0 Å². The number of hydrogen-bond donors (Lipinski definition) is 2. The number of alkyl carbamates (subject to hydrolysis) is 1. The average Bonchev–Trinajstić information content (AvgIpc) is 2.34. The molecule has 0 aromatic heterocycles. The molecule has 0 spiro atoms. The topological polar surface area (TPSA) is 58.6 Å². The molecule has 1 atom stereocenters. The van der Waals surface area contributed by atoms with Gasteiger partial charge in [-0.25, -0.2) is 4.79 Å². The van der Waals surface area contributed by atoms with Crippen LogP contribution in [0, 0.1) is 0 Å². The van der Waals surface area contributed by atoms with Crippen molar-refractivity contribution in [2.75, 3.05) is 13.2 Å². The normalized spacial score (nSPS) is 11.6. The van der Waals surface area contributed by atoms with Crippen molar-refractivity contribution in [2.24, 2.45) is 0 Å². The Morgan fingerprint density at radius 1 is 1.50 bits per heavy atom. The number of aliphatic hydroxyl groups excluding tert-OH is 1. The van der Waals surface area contributed by atoms with E-state index < -0.39 is 12.2 Å². The van der Waals surface area contributed by atoms with Gasteiger partial charge in [0.15, 0.2) is 0 Å². The molecule has 0 saturated carbocycles. The number of rotatable bonds is 5. The van der Waals surface area contributed by atoms with Crippen LogP contribution in [0.5, 0.6) is 0 Å². The van der Waals surface area contributed by atoms with E-state index in [4.69, 9.17) is 4.74 Å². The van der Waals surface area contributed by atoms with Crippen LogP contribution < -0.4 is 5.32 Å². The predicted octanol–water partition coefficient (Wildman–Crippen LogP) is 1.63. The van der Waals surface area contributed by atoms with Gasteiger partial charge in [-0.05, 0) is 5.56 Å². The summed E-state index contributed by atoms with van der Waals surface area (Å²) in [5.41, 5.74) is 0.756. The van der Waals surface area contributed by atoms with Gasteiger partial charge in [0.05, 0.1) is 12.6 Å². The first-order valence-electron chi connectivity index (χ1n) is 4.98. The van der Waals surface area contributed by atoms with E-state index >= 15 is 0 Å². The predicted molar refractivity (Wildman–Crippen MR) is 60.9 cm³/mol. The summed E-state index contributed by atoms with van der Waals surface area (Å²) in [5, 5.41) is 12.2. The lowest BCUT2D eigenvalue weighted by atomic mass is 10.1. The highest BCUT2D eigenvalue weighted by atomic mass is 16.5. The number of nitrogens with one attached hydrogen (secondary N) is 1. The largest absolute Gasteiger partial charge is 0.445 e. The monoisotopic (exact) mass is 221 g/mol. The van der Waals surface area contributed by atoms with E-state index in [0.717, 1.165) is 5.56 Å². The summed E-state index contributed by atoms with van der Waals surface area (Å²) in [6.07, 6.45) is 0.195. The number of amides is 1. The Bertz CT molecular complexity index is 337. The minimum absolute atomic E-state index is 0.125. The van der Waals surface area contributed by atoms with Crippen molar-refractivity contribution < 1.29 is 14.6 Å². The van der Waals surface area contributed by atoms with E-state index in [-0.39, 0.29) is 13.2 Å². The van der Waals surface area contributed by atoms with Crippen molar-refractivity contribution in [1.82, 2.24) is 5.32 Å². The summed E-state index contributed by atoms with van der Waals surface area (Å²) in [6.45, 7) is 3.71. The van der Waals surface area contributed by atoms with E-state index in [1.165, 1.54) is 6.08 Å². The van der Waals surface area contributed by atoms with E-state index in [0.29, 0.717) is 0 Å². The second-order valence-corrected chi connectivity index (χ2v) is 3.19. The minimum Gasteiger partial charge on any atom is -0.445 e. The number of aliphatic hydroxyl groups is 1. The fourth-order valence-electron chi connectivity index (χ4n) is 1.16. The maximum atomic E-state index is 11.0. The zero-order chi connectivity index (χ0) is 11.8. The lowest BCUT2D eigenvalue weighted by molar-refractivity contribution is 0.139. The summed E-state index contributed by atoms with van der Waals surface area (Å²) < 4.78 is 4.70. The molecule has 1 rings (SSSR count). The molecule has 1 aromatic rings. The lowest BCUT2D eigenvalue weighted by Crippen LogP contribution is -2.29. The van der Waals surface area contributed by atoms with Gasteiger partial charge < -0.3 is 15.2 Å². The summed E-state index contributed by atoms with van der Waals surface area (Å²) in [7, 11) is 0. The molecule has 0 aliphatic rings. The molecule has 0 heterocycles. The van der Waals surface area contributed by atoms with Crippen molar-refractivity contribution in [3.8, 4) is 0 Å². The van der Waals surface area contributed by atoms with Gasteiger partial charge in [0.25, 0.3) is 0 Å². The molecular formula is C12H15NO3. The summed E-state index contributed by atoms with van der Waals surface area (Å²) in [4.78, 5) is 11.0. The van der Waals surface area contributed by atoms with Crippen LogP contribution in [0.3, 0.4) is 0 Å². The van der Waals surface area contributed by atoms with Crippen LogP contribution in [0.15, 0.2) is 43.0 Å². The maximum absolute atomic E-state index is 11.0. The number of carbonyl (C=O) groups is 1. The molecule has 4 heteroatoms. The molecule has 4 nitrogen and oxygen atoms in total. The minimum atomic E-state index is -0.725. The lowest BCUT2D eigenvalue weighted by Gasteiger charge is -2.11. The maximum Gasteiger partial charge on any atom is 0.407 e. The highest BCUT2D eigenvalue weighted by Crippen LogP contribution is 2.10. The molecular weight excluding hydrogens is 206 g/mol. The molecule has 2 N–H and O–H groups in total. The highest BCUT2D eigenvalue weighted by Gasteiger charge is 2.08. The third kappa shape index (κ3) is 4.14. The zero-order valence-corrected chi connectivity index (χ0v) is 8.93. The van der Waals surface area contributed by atoms with Gasteiger partial charge in [0.1, 0.15) is 6.61 Å². The van der Waals surface area contributed by atoms with Crippen LogP contribution in [0.25, 0.3) is 0 Å². The summed E-state index contributed by atoms with van der Waals surface area (Å²) >= 11 is 0. The van der Waals surface area contributed by atoms with Crippen molar-refractivity contribution >= 4 is 6.09 Å². The molecule has 0 saturated heterocycles. The van der Waals surface area contributed by atoms with Crippen molar-refractivity contribution in [2.45, 2.75) is 6.10 Å². The first kappa shape index (κ1) is 12.3. The van der Waals surface area contributed by atoms with Crippen molar-refractivity contribution in [3.05, 3.63) is 48.6 Å². The van der Waals surface area contributed by atoms with Gasteiger partial charge in [-0.3, -0.25) is 0 Å². The third-order valence-electron chi connectivity index (χ3n) is 1.96. The molecule has 0 bridgehead atoms. The molecule has 0 aliphatic carbocycles. The molecule has 0 fully saturated rings. The average molecular weight is 221 g/mol. The Balaban J connectivity index is 2.33. The standard InChI is InChI=1S/C12H15NO3/c1-2-8-16-12(15)13-9-11(14)10-6-4-3-5-7-10/h2-7,11,14H,1,8-9H2,(H,13,15)/t11-/m1/s1. The van der Waals surface area contributed by atoms with Crippen LogP contribution in [0.1, 0.15) is 11.7 Å². The molecule has 0 aliphatic heterocycles. The van der Waals surface area contributed by atoms with E-state index in [9.17, 15) is 9.90 Å². The smallest absolute Gasteiger partial charge is 0.407 e. The fourth-order valence-corrected chi connectivity index (χ4v) is 1.16. The first-order chi connectivity index (χ1) is 7.74. The van der Waals surface area contributed by atoms with E-state index in [2.05, 4.69) is 11.9 Å². The fraction of sp³-hybridized carbons (Fsp3) is 0.250. The van der Waals surface area contributed by atoms with E-state index in [1.807, 2.05) is 18.2 Å². The van der Waals surface area contributed by atoms with Gasteiger partial charge in [-0.1, -0.05) is 43.0 Å². The van der Waals surface area contributed by atoms with Gasteiger partial charge in [-0.15, -0.1) is 0 Å². The summed E-state index contributed by atoms with van der Waals surface area (Å²) in [5.74, 6) is 0. The van der Waals surface area contributed by atoms with Crippen LogP contribution in [-0.2, 0) is 4.74 Å². The van der Waals surface area contributed by atoms with Gasteiger partial charge in [0.2, 0.25) is 0 Å². The van der Waals surface area contributed by atoms with Crippen LogP contribution in [0.4, 0.5) is 4.79 Å². The Morgan fingerprint density at radius 3 is 2.81 bits per heavy atom. The molecule has 86 valence electrons. The van der Waals surface area contributed by atoms with Gasteiger partial charge >= 0.3 is 6.09 Å². The number of carbonyl (C=O) groups excluding carboxylic acids is 1. The number of ether oxygens (including phenoxy) is 1. The van der Waals surface area contributed by atoms with Crippen LogP contribution >= 0.6 is 0 Å². The first-order valence-corrected chi connectivity index (χ1v) is 4.98. The molecule has 1 amide bonds. The highest BCUT2D eigenvalue weighted by molar-refractivity contribution is 5.67. The SMILES string of the molecule is C=CCOC(=O)NC[C@@H](O)c1ccccc1. The molecule has 16 heavy (non-hydrogen) atoms. The Hall–Kier alpha value is -1.81. The molecule has 1 aromatic carbocycles. The van der Waals surface area contributed by atoms with E-state index in [1.54, 1.807) is 12.1 Å². The Kier molecular flexibility index (Phi) is 5.08.